The van der Waals surface area contributed by atoms with E-state index in [2.05, 4.69) is 26.3 Å². The molecule has 3 rings (SSSR count). The van der Waals surface area contributed by atoms with Crippen LogP contribution in [0.15, 0.2) is 59.3 Å². The summed E-state index contributed by atoms with van der Waals surface area (Å²) < 4.78 is 16.5. The number of aryl methyl sites for hydroxylation is 1. The molecule has 0 unspecified atom stereocenters. The molecule has 6 nitrogen and oxygen atoms in total. The van der Waals surface area contributed by atoms with Crippen LogP contribution in [0.3, 0.4) is 0 Å². The van der Waals surface area contributed by atoms with Gasteiger partial charge in [-0.25, -0.2) is 9.07 Å². The maximum atomic E-state index is 14.3. The average Bonchev–Trinajstić information content (AvgIpc) is 3.06. The molecule has 28 heavy (non-hydrogen) atoms. The number of carbonyl (C=O) groups is 2. The van der Waals surface area contributed by atoms with Gasteiger partial charge in [-0.15, -0.1) is 0 Å². The van der Waals surface area contributed by atoms with Crippen molar-refractivity contribution < 1.29 is 14.0 Å². The highest BCUT2D eigenvalue weighted by molar-refractivity contribution is 9.10. The van der Waals surface area contributed by atoms with E-state index in [9.17, 15) is 14.0 Å². The van der Waals surface area contributed by atoms with E-state index in [0.29, 0.717) is 16.8 Å². The van der Waals surface area contributed by atoms with Crippen molar-refractivity contribution in [2.24, 2.45) is 5.73 Å². The Morgan fingerprint density at radius 3 is 2.71 bits per heavy atom. The van der Waals surface area contributed by atoms with Crippen LogP contribution < -0.4 is 11.1 Å². The SMILES string of the molecule is Cc1cccc(NC(=O)/C=C/c2ccc(-n3cc(Br)cn3)c(F)c2)c1C(N)=O. The lowest BCUT2D eigenvalue weighted by atomic mass is 10.1. The van der Waals surface area contributed by atoms with Gasteiger partial charge in [0.05, 0.1) is 21.9 Å². The summed E-state index contributed by atoms with van der Waals surface area (Å²) in [5.41, 5.74) is 7.41. The molecule has 0 aliphatic rings. The van der Waals surface area contributed by atoms with Crippen molar-refractivity contribution >= 4 is 39.5 Å². The lowest BCUT2D eigenvalue weighted by molar-refractivity contribution is -0.111. The van der Waals surface area contributed by atoms with E-state index >= 15 is 0 Å². The summed E-state index contributed by atoms with van der Waals surface area (Å²) in [6.07, 6.45) is 5.93. The highest BCUT2D eigenvalue weighted by atomic mass is 79.9. The molecule has 1 heterocycles. The number of nitrogens with two attached hydrogens (primary N) is 1. The maximum Gasteiger partial charge on any atom is 0.251 e. The smallest absolute Gasteiger partial charge is 0.251 e. The summed E-state index contributed by atoms with van der Waals surface area (Å²) >= 11 is 3.26. The molecule has 0 aliphatic carbocycles. The van der Waals surface area contributed by atoms with Gasteiger partial charge in [-0.3, -0.25) is 9.59 Å². The molecule has 142 valence electrons. The number of anilines is 1. The van der Waals surface area contributed by atoms with Crippen LogP contribution in [0.1, 0.15) is 21.5 Å². The van der Waals surface area contributed by atoms with Gasteiger partial charge in [-0.2, -0.15) is 5.10 Å². The number of carbonyl (C=O) groups excluding carboxylic acids is 2. The predicted octanol–water partition coefficient (Wildman–Crippen LogP) is 3.83. The number of benzene rings is 2. The Kier molecular flexibility index (Phi) is 5.70. The van der Waals surface area contributed by atoms with Crippen LogP contribution in [0.5, 0.6) is 0 Å². The number of hydrogen-bond donors (Lipinski definition) is 2. The van der Waals surface area contributed by atoms with Gasteiger partial charge in [0.1, 0.15) is 11.5 Å². The predicted molar refractivity (Wildman–Crippen MR) is 109 cm³/mol. The number of nitrogens with zero attached hydrogens (tertiary/aromatic N) is 2. The Morgan fingerprint density at radius 1 is 1.29 bits per heavy atom. The zero-order valence-electron chi connectivity index (χ0n) is 14.8. The molecule has 0 spiro atoms. The van der Waals surface area contributed by atoms with E-state index in [4.69, 9.17) is 5.73 Å². The lowest BCUT2D eigenvalue weighted by Gasteiger charge is -2.09. The van der Waals surface area contributed by atoms with E-state index in [1.165, 1.54) is 22.9 Å². The molecule has 1 aromatic heterocycles. The number of nitrogens with one attached hydrogen (secondary N) is 1. The minimum atomic E-state index is -0.625. The van der Waals surface area contributed by atoms with E-state index in [-0.39, 0.29) is 11.3 Å². The topological polar surface area (TPSA) is 90.0 Å². The number of aromatic nitrogens is 2. The Labute approximate surface area is 169 Å². The molecule has 0 aliphatic heterocycles. The van der Waals surface area contributed by atoms with Crippen molar-refractivity contribution in [3.63, 3.8) is 0 Å². The molecule has 0 fully saturated rings. The number of primary amides is 1. The standard InChI is InChI=1S/C20H16BrFN4O2/c1-12-3-2-4-16(19(12)20(23)28)25-18(27)8-6-13-5-7-17(15(22)9-13)26-11-14(21)10-24-26/h2-11H,1H3,(H2,23,28)(H,25,27)/b8-6+. The first kappa shape index (κ1) is 19.5. The van der Waals surface area contributed by atoms with Crippen molar-refractivity contribution in [1.82, 2.24) is 9.78 Å². The van der Waals surface area contributed by atoms with Crippen LogP contribution in [0.2, 0.25) is 0 Å². The molecule has 0 radical (unpaired) electrons. The van der Waals surface area contributed by atoms with E-state index in [0.717, 1.165) is 4.47 Å². The van der Waals surface area contributed by atoms with E-state index in [1.807, 2.05) is 0 Å². The van der Waals surface area contributed by atoms with Crippen LogP contribution in [0.25, 0.3) is 11.8 Å². The second kappa shape index (κ2) is 8.18. The molecule has 0 bridgehead atoms. The largest absolute Gasteiger partial charge is 0.366 e. The fourth-order valence-corrected chi connectivity index (χ4v) is 2.98. The highest BCUT2D eigenvalue weighted by Crippen LogP contribution is 2.20. The molecular weight excluding hydrogens is 427 g/mol. The third kappa shape index (κ3) is 4.34. The van der Waals surface area contributed by atoms with Crippen LogP contribution in [-0.4, -0.2) is 21.6 Å². The molecule has 3 aromatic rings. The summed E-state index contributed by atoms with van der Waals surface area (Å²) in [7, 11) is 0. The van der Waals surface area contributed by atoms with Gasteiger partial charge < -0.3 is 11.1 Å². The lowest BCUT2D eigenvalue weighted by Crippen LogP contribution is -2.18. The molecule has 0 atom stereocenters. The van der Waals surface area contributed by atoms with E-state index in [1.54, 1.807) is 49.6 Å². The Balaban J connectivity index is 1.76. The van der Waals surface area contributed by atoms with Crippen molar-refractivity contribution in [2.45, 2.75) is 6.92 Å². The Morgan fingerprint density at radius 2 is 2.07 bits per heavy atom. The zero-order valence-corrected chi connectivity index (χ0v) is 16.4. The average molecular weight is 443 g/mol. The molecule has 2 amide bonds. The highest BCUT2D eigenvalue weighted by Gasteiger charge is 2.12. The fourth-order valence-electron chi connectivity index (χ4n) is 2.69. The minimum absolute atomic E-state index is 0.255. The van der Waals surface area contributed by atoms with Gasteiger partial charge in [0.25, 0.3) is 5.91 Å². The molecule has 2 aromatic carbocycles. The van der Waals surface area contributed by atoms with Crippen LogP contribution in [-0.2, 0) is 4.79 Å². The first-order valence-electron chi connectivity index (χ1n) is 8.23. The maximum absolute atomic E-state index is 14.3. The number of hydrogen-bond acceptors (Lipinski definition) is 3. The van der Waals surface area contributed by atoms with Crippen LogP contribution >= 0.6 is 15.9 Å². The quantitative estimate of drug-likeness (QED) is 0.588. The normalized spacial score (nSPS) is 11.0. The van der Waals surface area contributed by atoms with Gasteiger partial charge in [-0.05, 0) is 58.3 Å². The monoisotopic (exact) mass is 442 g/mol. The van der Waals surface area contributed by atoms with Gasteiger partial charge in [0, 0.05) is 12.3 Å². The van der Waals surface area contributed by atoms with Gasteiger partial charge in [0.15, 0.2) is 0 Å². The second-order valence-corrected chi connectivity index (χ2v) is 6.91. The molecular formula is C20H16BrFN4O2. The third-order valence-electron chi connectivity index (χ3n) is 3.97. The number of halogens is 2. The zero-order chi connectivity index (χ0) is 20.3. The minimum Gasteiger partial charge on any atom is -0.366 e. The molecule has 8 heteroatoms. The summed E-state index contributed by atoms with van der Waals surface area (Å²) in [5, 5.41) is 6.65. The molecule has 3 N–H and O–H groups in total. The summed E-state index contributed by atoms with van der Waals surface area (Å²) in [6, 6.07) is 9.57. The van der Waals surface area contributed by atoms with E-state index < -0.39 is 17.6 Å². The number of rotatable bonds is 5. The van der Waals surface area contributed by atoms with Gasteiger partial charge in [0.2, 0.25) is 5.91 Å². The fraction of sp³-hybridized carbons (Fsp3) is 0.0500. The van der Waals surface area contributed by atoms with Gasteiger partial charge in [-0.1, -0.05) is 18.2 Å². The molecule has 0 saturated carbocycles. The number of amides is 2. The van der Waals surface area contributed by atoms with Crippen molar-refractivity contribution in [3.05, 3.63) is 81.8 Å². The summed E-state index contributed by atoms with van der Waals surface area (Å²) in [6.45, 7) is 1.73. The Bertz CT molecular complexity index is 1090. The van der Waals surface area contributed by atoms with Crippen molar-refractivity contribution in [2.75, 3.05) is 5.32 Å². The van der Waals surface area contributed by atoms with Crippen molar-refractivity contribution in [1.29, 1.82) is 0 Å². The third-order valence-corrected chi connectivity index (χ3v) is 4.38. The van der Waals surface area contributed by atoms with Crippen molar-refractivity contribution in [3.8, 4) is 5.69 Å². The first-order valence-corrected chi connectivity index (χ1v) is 9.03. The van der Waals surface area contributed by atoms with Crippen LogP contribution in [0.4, 0.5) is 10.1 Å². The summed E-state index contributed by atoms with van der Waals surface area (Å²) in [4.78, 5) is 23.8. The molecule has 0 saturated heterocycles. The van der Waals surface area contributed by atoms with Crippen LogP contribution in [0, 0.1) is 12.7 Å². The van der Waals surface area contributed by atoms with Gasteiger partial charge >= 0.3 is 0 Å². The Hall–Kier alpha value is -3.26. The summed E-state index contributed by atoms with van der Waals surface area (Å²) in [5.74, 6) is -1.57. The second-order valence-electron chi connectivity index (χ2n) is 6.00. The first-order chi connectivity index (χ1) is 13.3.